The lowest BCUT2D eigenvalue weighted by Gasteiger charge is -2.11. The number of para-hydroxylation sites is 1. The Morgan fingerprint density at radius 3 is 2.75 bits per heavy atom. The summed E-state index contributed by atoms with van der Waals surface area (Å²) in [5.41, 5.74) is 4.17. The Kier molecular flexibility index (Phi) is 3.76. The number of aromatic nitrogens is 2. The standard InChI is InChI=1S/C15H11BrCl2N2/c1-9-3-2-4-12-15(9)20(14(8-17)19-12)13-6-5-10(18)7-11(13)16/h2-7H,8H2,1H3. The van der Waals surface area contributed by atoms with Gasteiger partial charge < -0.3 is 0 Å². The number of aryl methyl sites for hydroxylation is 1. The third kappa shape index (κ3) is 2.24. The Morgan fingerprint density at radius 1 is 1.25 bits per heavy atom. The minimum Gasteiger partial charge on any atom is -0.294 e. The van der Waals surface area contributed by atoms with Crippen molar-refractivity contribution in [2.24, 2.45) is 0 Å². The van der Waals surface area contributed by atoms with E-state index in [1.165, 1.54) is 0 Å². The average Bonchev–Trinajstić information content (AvgIpc) is 2.79. The number of nitrogens with zero attached hydrogens (tertiary/aromatic N) is 2. The maximum Gasteiger partial charge on any atom is 0.129 e. The molecule has 1 aromatic heterocycles. The number of imidazole rings is 1. The summed E-state index contributed by atoms with van der Waals surface area (Å²) in [7, 11) is 0. The predicted octanol–water partition coefficient (Wildman–Crippen LogP) is 5.49. The Labute approximate surface area is 135 Å². The van der Waals surface area contributed by atoms with Crippen LogP contribution in [0, 0.1) is 6.92 Å². The molecule has 0 bridgehead atoms. The topological polar surface area (TPSA) is 17.8 Å². The fourth-order valence-electron chi connectivity index (χ4n) is 2.35. The molecule has 0 radical (unpaired) electrons. The van der Waals surface area contributed by atoms with E-state index >= 15 is 0 Å². The third-order valence-corrected chi connectivity index (χ3v) is 4.33. The zero-order chi connectivity index (χ0) is 14.3. The molecule has 0 aliphatic carbocycles. The Hall–Kier alpha value is -1.03. The van der Waals surface area contributed by atoms with Crippen LogP contribution in [0.15, 0.2) is 40.9 Å². The number of halogens is 3. The highest BCUT2D eigenvalue weighted by molar-refractivity contribution is 9.10. The molecule has 102 valence electrons. The van der Waals surface area contributed by atoms with Crippen LogP contribution in [0.25, 0.3) is 16.7 Å². The SMILES string of the molecule is Cc1cccc2nc(CCl)n(-c3ccc(Cl)cc3Br)c12. The van der Waals surface area contributed by atoms with Gasteiger partial charge >= 0.3 is 0 Å². The van der Waals surface area contributed by atoms with E-state index in [9.17, 15) is 0 Å². The van der Waals surface area contributed by atoms with Gasteiger partial charge in [0.25, 0.3) is 0 Å². The molecule has 2 nitrogen and oxygen atoms in total. The maximum atomic E-state index is 6.06. The summed E-state index contributed by atoms with van der Waals surface area (Å²) >= 11 is 15.7. The van der Waals surface area contributed by atoms with E-state index in [1.807, 2.05) is 30.3 Å². The van der Waals surface area contributed by atoms with Gasteiger partial charge in [-0.25, -0.2) is 4.98 Å². The molecular weight excluding hydrogens is 359 g/mol. The number of benzene rings is 2. The van der Waals surface area contributed by atoms with Gasteiger partial charge in [-0.1, -0.05) is 23.7 Å². The van der Waals surface area contributed by atoms with Crippen LogP contribution in [0.2, 0.25) is 5.02 Å². The van der Waals surface area contributed by atoms with Gasteiger partial charge in [0, 0.05) is 9.50 Å². The molecule has 3 aromatic rings. The summed E-state index contributed by atoms with van der Waals surface area (Å²) in [6.45, 7) is 2.07. The molecule has 0 aliphatic heterocycles. The van der Waals surface area contributed by atoms with E-state index in [0.717, 1.165) is 32.6 Å². The van der Waals surface area contributed by atoms with Crippen molar-refractivity contribution in [3.8, 4) is 5.69 Å². The molecular formula is C15H11BrCl2N2. The number of fused-ring (bicyclic) bond motifs is 1. The molecule has 0 amide bonds. The third-order valence-electron chi connectivity index (χ3n) is 3.22. The number of hydrogen-bond donors (Lipinski definition) is 0. The molecule has 0 saturated carbocycles. The fourth-order valence-corrected chi connectivity index (χ4v) is 3.39. The van der Waals surface area contributed by atoms with Crippen LogP contribution in [-0.2, 0) is 5.88 Å². The second-order valence-electron chi connectivity index (χ2n) is 4.54. The first-order chi connectivity index (χ1) is 9.61. The summed E-state index contributed by atoms with van der Waals surface area (Å²) in [6, 6.07) is 11.8. The molecule has 2 aromatic carbocycles. The van der Waals surface area contributed by atoms with E-state index in [2.05, 4.69) is 38.5 Å². The van der Waals surface area contributed by atoms with Crippen LogP contribution in [0.5, 0.6) is 0 Å². The minimum absolute atomic E-state index is 0.350. The highest BCUT2D eigenvalue weighted by Gasteiger charge is 2.15. The molecule has 3 rings (SSSR count). The highest BCUT2D eigenvalue weighted by Crippen LogP contribution is 2.31. The van der Waals surface area contributed by atoms with E-state index in [4.69, 9.17) is 23.2 Å². The molecule has 0 unspecified atom stereocenters. The van der Waals surface area contributed by atoms with E-state index in [-0.39, 0.29) is 0 Å². The molecule has 5 heteroatoms. The van der Waals surface area contributed by atoms with E-state index < -0.39 is 0 Å². The van der Waals surface area contributed by atoms with Crippen molar-refractivity contribution in [3.05, 3.63) is 57.3 Å². The van der Waals surface area contributed by atoms with Crippen LogP contribution >= 0.6 is 39.1 Å². The van der Waals surface area contributed by atoms with Crippen molar-refractivity contribution >= 4 is 50.2 Å². The Bertz CT molecular complexity index is 796. The predicted molar refractivity (Wildman–Crippen MR) is 88.1 cm³/mol. The minimum atomic E-state index is 0.350. The highest BCUT2D eigenvalue weighted by atomic mass is 79.9. The zero-order valence-electron chi connectivity index (χ0n) is 10.7. The van der Waals surface area contributed by atoms with Gasteiger partial charge in [0.2, 0.25) is 0 Å². The van der Waals surface area contributed by atoms with E-state index in [1.54, 1.807) is 0 Å². The first-order valence-electron chi connectivity index (χ1n) is 6.10. The van der Waals surface area contributed by atoms with E-state index in [0.29, 0.717) is 10.9 Å². The van der Waals surface area contributed by atoms with Gasteiger partial charge in [0.05, 0.1) is 22.6 Å². The molecule has 20 heavy (non-hydrogen) atoms. The molecule has 0 fully saturated rings. The summed E-state index contributed by atoms with van der Waals surface area (Å²) in [4.78, 5) is 4.61. The van der Waals surface area contributed by atoms with Crippen molar-refractivity contribution in [2.75, 3.05) is 0 Å². The molecule has 0 atom stereocenters. The quantitative estimate of drug-likeness (QED) is 0.546. The van der Waals surface area contributed by atoms with Crippen LogP contribution in [0.1, 0.15) is 11.4 Å². The summed E-state index contributed by atoms with van der Waals surface area (Å²) < 4.78 is 3.00. The van der Waals surface area contributed by atoms with Crippen molar-refractivity contribution in [2.45, 2.75) is 12.8 Å². The second-order valence-corrected chi connectivity index (χ2v) is 6.09. The molecule has 0 aliphatic rings. The first-order valence-corrected chi connectivity index (χ1v) is 7.80. The van der Waals surface area contributed by atoms with Crippen molar-refractivity contribution in [1.82, 2.24) is 9.55 Å². The molecule has 0 spiro atoms. The molecule has 1 heterocycles. The van der Waals surface area contributed by atoms with Crippen molar-refractivity contribution in [3.63, 3.8) is 0 Å². The largest absolute Gasteiger partial charge is 0.294 e. The summed E-state index contributed by atoms with van der Waals surface area (Å²) in [6.07, 6.45) is 0. The van der Waals surface area contributed by atoms with Gasteiger partial charge in [0.15, 0.2) is 0 Å². The van der Waals surface area contributed by atoms with Crippen molar-refractivity contribution < 1.29 is 0 Å². The second kappa shape index (κ2) is 5.40. The number of rotatable bonds is 2. The van der Waals surface area contributed by atoms with Gasteiger partial charge in [-0.05, 0) is 52.7 Å². The van der Waals surface area contributed by atoms with Gasteiger partial charge in [-0.3, -0.25) is 4.57 Å². The smallest absolute Gasteiger partial charge is 0.129 e. The van der Waals surface area contributed by atoms with Crippen LogP contribution < -0.4 is 0 Å². The average molecular weight is 370 g/mol. The van der Waals surface area contributed by atoms with Crippen LogP contribution in [0.3, 0.4) is 0 Å². The lowest BCUT2D eigenvalue weighted by atomic mass is 10.2. The lowest BCUT2D eigenvalue weighted by molar-refractivity contribution is 0.974. The first kappa shape index (κ1) is 13.9. The Morgan fingerprint density at radius 2 is 2.05 bits per heavy atom. The monoisotopic (exact) mass is 368 g/mol. The fraction of sp³-hybridized carbons (Fsp3) is 0.133. The summed E-state index contributed by atoms with van der Waals surface area (Å²) in [5.74, 6) is 1.17. The summed E-state index contributed by atoms with van der Waals surface area (Å²) in [5, 5.41) is 0.689. The van der Waals surface area contributed by atoms with Gasteiger partial charge in [-0.15, -0.1) is 11.6 Å². The normalized spacial score (nSPS) is 11.2. The van der Waals surface area contributed by atoms with Crippen molar-refractivity contribution in [1.29, 1.82) is 0 Å². The number of hydrogen-bond acceptors (Lipinski definition) is 1. The lowest BCUT2D eigenvalue weighted by Crippen LogP contribution is -2.01. The van der Waals surface area contributed by atoms with Gasteiger partial charge in [0.1, 0.15) is 5.82 Å². The van der Waals surface area contributed by atoms with Gasteiger partial charge in [-0.2, -0.15) is 0 Å². The molecule has 0 N–H and O–H groups in total. The number of alkyl halides is 1. The zero-order valence-corrected chi connectivity index (χ0v) is 13.8. The Balaban J connectivity index is 2.39. The molecule has 0 saturated heterocycles. The van der Waals surface area contributed by atoms with Crippen LogP contribution in [0.4, 0.5) is 0 Å². The maximum absolute atomic E-state index is 6.06. The van der Waals surface area contributed by atoms with Crippen LogP contribution in [-0.4, -0.2) is 9.55 Å².